The fraction of sp³-hybridized carbons (Fsp3) is 0.727. The van der Waals surface area contributed by atoms with Crippen molar-refractivity contribution >= 4 is 15.9 Å². The first-order valence-corrected chi connectivity index (χ1v) is 7.44. The van der Waals surface area contributed by atoms with Gasteiger partial charge < -0.3 is 4.90 Å². The van der Waals surface area contributed by atoms with Gasteiger partial charge in [0.15, 0.2) is 0 Å². The normalized spacial score (nSPS) is 11.9. The zero-order chi connectivity index (χ0) is 13.6. The summed E-state index contributed by atoms with van der Waals surface area (Å²) in [7, 11) is -3.32. The summed E-state index contributed by atoms with van der Waals surface area (Å²) in [6.45, 7) is 9.69. The van der Waals surface area contributed by atoms with E-state index in [1.807, 2.05) is 13.8 Å². The molecular weight excluding hydrogens is 240 g/mol. The van der Waals surface area contributed by atoms with Gasteiger partial charge in [0.2, 0.25) is 15.9 Å². The van der Waals surface area contributed by atoms with E-state index in [1.54, 1.807) is 17.9 Å². The largest absolute Gasteiger partial charge is 0.335 e. The Morgan fingerprint density at radius 2 is 1.94 bits per heavy atom. The third-order valence-corrected chi connectivity index (χ3v) is 3.73. The van der Waals surface area contributed by atoms with Crippen molar-refractivity contribution in [1.82, 2.24) is 9.21 Å². The maximum absolute atomic E-state index is 12.0. The molecule has 6 heteroatoms. The molecule has 0 aliphatic rings. The highest BCUT2D eigenvalue weighted by molar-refractivity contribution is 7.88. The van der Waals surface area contributed by atoms with E-state index in [0.29, 0.717) is 13.1 Å². The quantitative estimate of drug-likeness (QED) is 0.634. The lowest BCUT2D eigenvalue weighted by Gasteiger charge is -2.28. The Kier molecular flexibility index (Phi) is 6.41. The molecular formula is C11H22N2O3S. The second-order valence-electron chi connectivity index (χ2n) is 4.12. The highest BCUT2D eigenvalue weighted by atomic mass is 32.2. The molecule has 100 valence electrons. The van der Waals surface area contributed by atoms with Crippen LogP contribution < -0.4 is 0 Å². The third-order valence-electron chi connectivity index (χ3n) is 2.40. The molecule has 0 aromatic rings. The Bertz CT molecular complexity index is 363. The van der Waals surface area contributed by atoms with Crippen molar-refractivity contribution in [3.63, 3.8) is 0 Å². The topological polar surface area (TPSA) is 57.7 Å². The second kappa shape index (κ2) is 6.76. The van der Waals surface area contributed by atoms with Crippen molar-refractivity contribution in [2.24, 2.45) is 0 Å². The SMILES string of the molecule is C=CCN(C(=O)CN(CC)S(C)(=O)=O)C(C)C. The van der Waals surface area contributed by atoms with Crippen LogP contribution in [-0.4, -0.2) is 55.5 Å². The summed E-state index contributed by atoms with van der Waals surface area (Å²) in [5, 5.41) is 0. The van der Waals surface area contributed by atoms with Crippen LogP contribution >= 0.6 is 0 Å². The van der Waals surface area contributed by atoms with Gasteiger partial charge in [-0.25, -0.2) is 8.42 Å². The molecule has 5 nitrogen and oxygen atoms in total. The van der Waals surface area contributed by atoms with Gasteiger partial charge in [-0.15, -0.1) is 6.58 Å². The number of nitrogens with zero attached hydrogens (tertiary/aromatic N) is 2. The maximum atomic E-state index is 12.0. The number of likely N-dealkylation sites (N-methyl/N-ethyl adjacent to an activating group) is 1. The van der Waals surface area contributed by atoms with Gasteiger partial charge in [-0.1, -0.05) is 13.0 Å². The minimum absolute atomic E-state index is 0.0266. The molecule has 0 aliphatic carbocycles. The second-order valence-corrected chi connectivity index (χ2v) is 6.10. The molecule has 17 heavy (non-hydrogen) atoms. The minimum atomic E-state index is -3.32. The van der Waals surface area contributed by atoms with Crippen LogP contribution in [0.3, 0.4) is 0 Å². The van der Waals surface area contributed by atoms with Crippen molar-refractivity contribution in [3.05, 3.63) is 12.7 Å². The number of rotatable bonds is 7. The number of hydrogen-bond donors (Lipinski definition) is 0. The number of amides is 1. The van der Waals surface area contributed by atoms with Crippen LogP contribution in [0.15, 0.2) is 12.7 Å². The Labute approximate surface area is 104 Å². The lowest BCUT2D eigenvalue weighted by molar-refractivity contribution is -0.132. The Morgan fingerprint density at radius 3 is 2.24 bits per heavy atom. The molecule has 0 N–H and O–H groups in total. The summed E-state index contributed by atoms with van der Waals surface area (Å²) in [5.74, 6) is -0.202. The highest BCUT2D eigenvalue weighted by Gasteiger charge is 2.22. The Balaban J connectivity index is 4.75. The molecule has 0 saturated heterocycles. The van der Waals surface area contributed by atoms with E-state index in [-0.39, 0.29) is 18.5 Å². The fourth-order valence-corrected chi connectivity index (χ4v) is 2.26. The first kappa shape index (κ1) is 16.1. The molecule has 0 unspecified atom stereocenters. The van der Waals surface area contributed by atoms with Crippen LogP contribution in [0.1, 0.15) is 20.8 Å². The van der Waals surface area contributed by atoms with Crippen molar-refractivity contribution < 1.29 is 13.2 Å². The average molecular weight is 262 g/mol. The molecule has 0 spiro atoms. The van der Waals surface area contributed by atoms with E-state index in [4.69, 9.17) is 0 Å². The van der Waals surface area contributed by atoms with E-state index in [2.05, 4.69) is 6.58 Å². The fourth-order valence-electron chi connectivity index (χ4n) is 1.44. The summed E-state index contributed by atoms with van der Waals surface area (Å²) < 4.78 is 23.9. The standard InChI is InChI=1S/C11H22N2O3S/c1-6-8-13(10(3)4)11(14)9-12(7-2)17(5,15)16/h6,10H,1,7-9H2,2-5H3. The molecule has 0 radical (unpaired) electrons. The van der Waals surface area contributed by atoms with Gasteiger partial charge in [-0.05, 0) is 13.8 Å². The van der Waals surface area contributed by atoms with Gasteiger partial charge in [-0.3, -0.25) is 4.79 Å². The first-order chi connectivity index (χ1) is 7.73. The van der Waals surface area contributed by atoms with Crippen molar-refractivity contribution in [3.8, 4) is 0 Å². The van der Waals surface area contributed by atoms with E-state index in [9.17, 15) is 13.2 Å². The van der Waals surface area contributed by atoms with E-state index >= 15 is 0 Å². The van der Waals surface area contributed by atoms with E-state index in [1.165, 1.54) is 0 Å². The van der Waals surface area contributed by atoms with E-state index in [0.717, 1.165) is 10.6 Å². The van der Waals surface area contributed by atoms with Gasteiger partial charge in [-0.2, -0.15) is 4.31 Å². The van der Waals surface area contributed by atoms with Crippen LogP contribution in [0.5, 0.6) is 0 Å². The first-order valence-electron chi connectivity index (χ1n) is 5.59. The molecule has 0 heterocycles. The van der Waals surface area contributed by atoms with Crippen molar-refractivity contribution in [2.45, 2.75) is 26.8 Å². The lowest BCUT2D eigenvalue weighted by atomic mass is 10.3. The maximum Gasteiger partial charge on any atom is 0.238 e. The summed E-state index contributed by atoms with van der Waals surface area (Å²) in [6.07, 6.45) is 2.74. The van der Waals surface area contributed by atoms with Gasteiger partial charge in [0.1, 0.15) is 0 Å². The molecule has 1 amide bonds. The summed E-state index contributed by atoms with van der Waals surface area (Å²) in [5.41, 5.74) is 0. The summed E-state index contributed by atoms with van der Waals surface area (Å²) in [4.78, 5) is 13.6. The van der Waals surface area contributed by atoms with Gasteiger partial charge in [0.25, 0.3) is 0 Å². The van der Waals surface area contributed by atoms with Crippen LogP contribution in [0.25, 0.3) is 0 Å². The van der Waals surface area contributed by atoms with Crippen LogP contribution in [-0.2, 0) is 14.8 Å². The molecule has 0 rings (SSSR count). The number of carbonyl (C=O) groups is 1. The minimum Gasteiger partial charge on any atom is -0.335 e. The molecule has 0 fully saturated rings. The highest BCUT2D eigenvalue weighted by Crippen LogP contribution is 2.03. The molecule has 0 saturated carbocycles. The molecule has 0 aromatic carbocycles. The van der Waals surface area contributed by atoms with Gasteiger partial charge in [0, 0.05) is 19.1 Å². The van der Waals surface area contributed by atoms with Crippen LogP contribution in [0.2, 0.25) is 0 Å². The van der Waals surface area contributed by atoms with Crippen LogP contribution in [0, 0.1) is 0 Å². The van der Waals surface area contributed by atoms with Crippen LogP contribution in [0.4, 0.5) is 0 Å². The number of carbonyl (C=O) groups excluding carboxylic acids is 1. The molecule has 0 atom stereocenters. The average Bonchev–Trinajstić information content (AvgIpc) is 2.19. The lowest BCUT2D eigenvalue weighted by Crippen LogP contribution is -2.45. The number of hydrogen-bond acceptors (Lipinski definition) is 3. The summed E-state index contributed by atoms with van der Waals surface area (Å²) >= 11 is 0. The molecule has 0 aromatic heterocycles. The zero-order valence-corrected chi connectivity index (χ0v) is 11.8. The van der Waals surface area contributed by atoms with Gasteiger partial charge in [0.05, 0.1) is 12.8 Å². The molecule has 0 aliphatic heterocycles. The Hall–Kier alpha value is -0.880. The summed E-state index contributed by atoms with van der Waals surface area (Å²) in [6, 6.07) is 0.0266. The van der Waals surface area contributed by atoms with Crippen molar-refractivity contribution in [1.29, 1.82) is 0 Å². The third kappa shape index (κ3) is 5.32. The zero-order valence-electron chi connectivity index (χ0n) is 11.0. The smallest absolute Gasteiger partial charge is 0.238 e. The Morgan fingerprint density at radius 1 is 1.41 bits per heavy atom. The van der Waals surface area contributed by atoms with Crippen molar-refractivity contribution in [2.75, 3.05) is 25.9 Å². The monoisotopic (exact) mass is 262 g/mol. The molecule has 0 bridgehead atoms. The predicted molar refractivity (Wildman–Crippen MR) is 69.1 cm³/mol. The van der Waals surface area contributed by atoms with Gasteiger partial charge >= 0.3 is 0 Å². The predicted octanol–water partition coefficient (Wildman–Crippen LogP) is 0.691. The van der Waals surface area contributed by atoms with E-state index < -0.39 is 10.0 Å². The number of sulfonamides is 1.